The first-order chi connectivity index (χ1) is 13.6. The third kappa shape index (κ3) is 3.98. The van der Waals surface area contributed by atoms with E-state index >= 15 is 0 Å². The monoisotopic (exact) mass is 452 g/mol. The third-order valence-electron chi connectivity index (χ3n) is 4.02. The first-order valence-electron chi connectivity index (χ1n) is 8.45. The number of halogens is 2. The summed E-state index contributed by atoms with van der Waals surface area (Å²) in [6, 6.07) is 24.1. The normalized spacial score (nSPS) is 10.6. The van der Waals surface area contributed by atoms with E-state index in [1.807, 2.05) is 54.6 Å². The number of amides is 1. The van der Waals surface area contributed by atoms with Gasteiger partial charge >= 0.3 is 0 Å². The van der Waals surface area contributed by atoms with Gasteiger partial charge in [0.05, 0.1) is 5.69 Å². The Morgan fingerprint density at radius 2 is 1.61 bits per heavy atom. The fourth-order valence-corrected chi connectivity index (χ4v) is 3.05. The number of carbonyl (C=O) groups is 1. The molecule has 0 bridgehead atoms. The van der Waals surface area contributed by atoms with Gasteiger partial charge in [-0.15, -0.1) is 5.10 Å². The quantitative estimate of drug-likeness (QED) is 0.437. The maximum atomic E-state index is 12.7. The predicted molar refractivity (Wildman–Crippen MR) is 114 cm³/mol. The molecule has 1 heterocycles. The SMILES string of the molecule is O=C(Nc1ccc(Br)cc1)c1nc(-c2ccc(Cl)cc2)n(-c2ccccc2)n1. The molecule has 0 spiro atoms. The summed E-state index contributed by atoms with van der Waals surface area (Å²) < 4.78 is 2.58. The topological polar surface area (TPSA) is 59.8 Å². The molecule has 0 aliphatic heterocycles. The van der Waals surface area contributed by atoms with Gasteiger partial charge in [0.2, 0.25) is 5.82 Å². The van der Waals surface area contributed by atoms with Crippen LogP contribution in [0.15, 0.2) is 83.3 Å². The minimum absolute atomic E-state index is 0.0803. The van der Waals surface area contributed by atoms with Gasteiger partial charge in [-0.2, -0.15) is 0 Å². The molecule has 0 atom stereocenters. The van der Waals surface area contributed by atoms with Crippen molar-refractivity contribution in [3.63, 3.8) is 0 Å². The van der Waals surface area contributed by atoms with Crippen molar-refractivity contribution in [1.82, 2.24) is 14.8 Å². The van der Waals surface area contributed by atoms with Crippen LogP contribution in [0.25, 0.3) is 17.1 Å². The van der Waals surface area contributed by atoms with Crippen molar-refractivity contribution in [2.24, 2.45) is 0 Å². The van der Waals surface area contributed by atoms with Crippen LogP contribution < -0.4 is 5.32 Å². The maximum absolute atomic E-state index is 12.7. The molecule has 1 amide bonds. The van der Waals surface area contributed by atoms with Gasteiger partial charge < -0.3 is 5.32 Å². The van der Waals surface area contributed by atoms with Gasteiger partial charge in [-0.3, -0.25) is 4.79 Å². The Labute approximate surface area is 175 Å². The van der Waals surface area contributed by atoms with Gasteiger partial charge in [-0.05, 0) is 60.7 Å². The minimum Gasteiger partial charge on any atom is -0.319 e. The van der Waals surface area contributed by atoms with E-state index < -0.39 is 0 Å². The Bertz CT molecular complexity index is 1110. The molecule has 28 heavy (non-hydrogen) atoms. The van der Waals surface area contributed by atoms with Crippen molar-refractivity contribution in [3.8, 4) is 17.1 Å². The third-order valence-corrected chi connectivity index (χ3v) is 4.80. The highest BCUT2D eigenvalue weighted by Gasteiger charge is 2.19. The van der Waals surface area contributed by atoms with E-state index in [9.17, 15) is 4.79 Å². The molecule has 0 aliphatic carbocycles. The fraction of sp³-hybridized carbons (Fsp3) is 0. The fourth-order valence-electron chi connectivity index (χ4n) is 2.66. The number of para-hydroxylation sites is 1. The zero-order chi connectivity index (χ0) is 19.5. The lowest BCUT2D eigenvalue weighted by atomic mass is 10.2. The molecule has 0 saturated carbocycles. The number of nitrogens with zero attached hydrogens (tertiary/aromatic N) is 3. The molecular formula is C21H14BrClN4O. The largest absolute Gasteiger partial charge is 0.319 e. The lowest BCUT2D eigenvalue weighted by Gasteiger charge is -2.05. The first-order valence-corrected chi connectivity index (χ1v) is 9.62. The Hall–Kier alpha value is -2.96. The van der Waals surface area contributed by atoms with Gasteiger partial charge in [0, 0.05) is 20.7 Å². The number of hydrogen-bond donors (Lipinski definition) is 1. The molecule has 0 saturated heterocycles. The summed E-state index contributed by atoms with van der Waals surface area (Å²) in [7, 11) is 0. The summed E-state index contributed by atoms with van der Waals surface area (Å²) in [6.07, 6.45) is 0. The van der Waals surface area contributed by atoms with E-state index in [1.54, 1.807) is 28.9 Å². The zero-order valence-corrected chi connectivity index (χ0v) is 16.9. The standard InChI is InChI=1S/C21H14BrClN4O/c22-15-8-12-17(13-9-15)24-21(28)19-25-20(14-6-10-16(23)11-7-14)27(26-19)18-4-2-1-3-5-18/h1-13H,(H,24,28). The highest BCUT2D eigenvalue weighted by Crippen LogP contribution is 2.23. The van der Waals surface area contributed by atoms with Crippen LogP contribution in [0.1, 0.15) is 10.6 Å². The number of benzene rings is 3. The smallest absolute Gasteiger partial charge is 0.295 e. The molecule has 1 N–H and O–H groups in total. The van der Waals surface area contributed by atoms with Crippen LogP contribution in [-0.2, 0) is 0 Å². The Morgan fingerprint density at radius 1 is 0.929 bits per heavy atom. The zero-order valence-electron chi connectivity index (χ0n) is 14.5. The van der Waals surface area contributed by atoms with E-state index in [2.05, 4.69) is 31.3 Å². The average molecular weight is 454 g/mol. The van der Waals surface area contributed by atoms with Crippen molar-refractivity contribution < 1.29 is 4.79 Å². The molecule has 1 aromatic heterocycles. The van der Waals surface area contributed by atoms with E-state index in [1.165, 1.54) is 0 Å². The average Bonchev–Trinajstić information content (AvgIpc) is 3.16. The highest BCUT2D eigenvalue weighted by atomic mass is 79.9. The number of carbonyl (C=O) groups excluding carboxylic acids is 1. The van der Waals surface area contributed by atoms with Gasteiger partial charge in [0.15, 0.2) is 5.82 Å². The molecule has 4 aromatic rings. The Kier molecular flexibility index (Phi) is 5.23. The molecular weight excluding hydrogens is 440 g/mol. The van der Waals surface area contributed by atoms with Crippen LogP contribution in [0.2, 0.25) is 5.02 Å². The van der Waals surface area contributed by atoms with Crippen LogP contribution in [0, 0.1) is 0 Å². The number of rotatable bonds is 4. The van der Waals surface area contributed by atoms with Crippen LogP contribution >= 0.6 is 27.5 Å². The molecule has 0 fully saturated rings. The minimum atomic E-state index is -0.382. The highest BCUT2D eigenvalue weighted by molar-refractivity contribution is 9.10. The van der Waals surface area contributed by atoms with Gasteiger partial charge in [-0.1, -0.05) is 45.7 Å². The van der Waals surface area contributed by atoms with E-state index in [0.29, 0.717) is 16.5 Å². The number of anilines is 1. The van der Waals surface area contributed by atoms with Crippen LogP contribution in [-0.4, -0.2) is 20.7 Å². The molecule has 3 aromatic carbocycles. The lowest BCUT2D eigenvalue weighted by Crippen LogP contribution is -2.14. The summed E-state index contributed by atoms with van der Waals surface area (Å²) >= 11 is 9.38. The second-order valence-electron chi connectivity index (χ2n) is 5.97. The van der Waals surface area contributed by atoms with Crippen molar-refractivity contribution >= 4 is 39.1 Å². The predicted octanol–water partition coefficient (Wildman–Crippen LogP) is 5.60. The van der Waals surface area contributed by atoms with E-state index in [4.69, 9.17) is 11.6 Å². The lowest BCUT2D eigenvalue weighted by molar-refractivity contribution is 0.101. The molecule has 0 aliphatic rings. The molecule has 4 rings (SSSR count). The first kappa shape index (κ1) is 18.4. The van der Waals surface area contributed by atoms with Crippen molar-refractivity contribution in [1.29, 1.82) is 0 Å². The van der Waals surface area contributed by atoms with Crippen LogP contribution in [0.3, 0.4) is 0 Å². The summed E-state index contributed by atoms with van der Waals surface area (Å²) in [6.45, 7) is 0. The summed E-state index contributed by atoms with van der Waals surface area (Å²) in [5, 5.41) is 7.89. The summed E-state index contributed by atoms with van der Waals surface area (Å²) in [5.74, 6) is 0.257. The maximum Gasteiger partial charge on any atom is 0.295 e. The summed E-state index contributed by atoms with van der Waals surface area (Å²) in [4.78, 5) is 17.2. The molecule has 5 nitrogen and oxygen atoms in total. The van der Waals surface area contributed by atoms with Gasteiger partial charge in [0.25, 0.3) is 5.91 Å². The van der Waals surface area contributed by atoms with Gasteiger partial charge in [-0.25, -0.2) is 9.67 Å². The van der Waals surface area contributed by atoms with Crippen molar-refractivity contribution in [3.05, 3.63) is 94.2 Å². The molecule has 7 heteroatoms. The van der Waals surface area contributed by atoms with Gasteiger partial charge in [0.1, 0.15) is 0 Å². The molecule has 138 valence electrons. The second kappa shape index (κ2) is 7.96. The Morgan fingerprint density at radius 3 is 2.29 bits per heavy atom. The molecule has 0 unspecified atom stereocenters. The van der Waals surface area contributed by atoms with Crippen molar-refractivity contribution in [2.75, 3.05) is 5.32 Å². The van der Waals surface area contributed by atoms with Crippen molar-refractivity contribution in [2.45, 2.75) is 0 Å². The Balaban J connectivity index is 1.73. The number of nitrogens with one attached hydrogen (secondary N) is 1. The number of hydrogen-bond acceptors (Lipinski definition) is 3. The second-order valence-corrected chi connectivity index (χ2v) is 7.33. The summed E-state index contributed by atoms with van der Waals surface area (Å²) in [5.41, 5.74) is 2.28. The number of aromatic nitrogens is 3. The van der Waals surface area contributed by atoms with Crippen LogP contribution in [0.5, 0.6) is 0 Å². The van der Waals surface area contributed by atoms with E-state index in [0.717, 1.165) is 15.7 Å². The molecule has 0 radical (unpaired) electrons. The van der Waals surface area contributed by atoms with E-state index in [-0.39, 0.29) is 11.7 Å². The van der Waals surface area contributed by atoms with Crippen LogP contribution in [0.4, 0.5) is 5.69 Å².